The highest BCUT2D eigenvalue weighted by atomic mass is 19.1. The van der Waals surface area contributed by atoms with Crippen LogP contribution in [0, 0.1) is 28.6 Å². The SMILES string of the molecule is C[C@]12CC[C@H]3[C@@H](CC(O)=C4CCCC[C@@]43C)[C@@H]1C[C@@H](F)[C@H]2O. The number of hydrogen-bond acceptors (Lipinski definition) is 2. The number of alkyl halides is 1. The van der Waals surface area contributed by atoms with Gasteiger partial charge < -0.3 is 10.2 Å². The predicted octanol–water partition coefficient (Wildman–Crippen LogP) is 4.53. The van der Waals surface area contributed by atoms with Crippen LogP contribution in [0.4, 0.5) is 4.39 Å². The standard InChI is InChI=1S/C19H29FO2/c1-18-7-4-3-5-13(18)16(21)9-11-12(18)6-8-19(2)14(11)10-15(20)17(19)22/h11-12,14-15,17,21-22H,3-10H2,1-2H3/t11-,12+,14+,15-,17-,18-,19+/m1/s1. The third-order valence-corrected chi connectivity index (χ3v) is 8.03. The van der Waals surface area contributed by atoms with Crippen molar-refractivity contribution in [1.29, 1.82) is 0 Å². The third-order valence-electron chi connectivity index (χ3n) is 8.03. The lowest BCUT2D eigenvalue weighted by Gasteiger charge is -2.57. The summed E-state index contributed by atoms with van der Waals surface area (Å²) >= 11 is 0. The van der Waals surface area contributed by atoms with Crippen molar-refractivity contribution in [2.24, 2.45) is 28.6 Å². The van der Waals surface area contributed by atoms with Gasteiger partial charge in [0, 0.05) is 6.42 Å². The first kappa shape index (κ1) is 15.0. The summed E-state index contributed by atoms with van der Waals surface area (Å²) in [5.41, 5.74) is 1.13. The van der Waals surface area contributed by atoms with E-state index in [9.17, 15) is 14.6 Å². The summed E-state index contributed by atoms with van der Waals surface area (Å²) in [5.74, 6) is 1.73. The second kappa shape index (κ2) is 4.72. The Morgan fingerprint density at radius 3 is 2.68 bits per heavy atom. The van der Waals surface area contributed by atoms with Gasteiger partial charge in [-0.05, 0) is 72.7 Å². The molecule has 7 atom stereocenters. The molecule has 0 bridgehead atoms. The predicted molar refractivity (Wildman–Crippen MR) is 84.2 cm³/mol. The average Bonchev–Trinajstić information content (AvgIpc) is 2.71. The molecule has 22 heavy (non-hydrogen) atoms. The molecule has 0 unspecified atom stereocenters. The molecule has 0 radical (unpaired) electrons. The van der Waals surface area contributed by atoms with Crippen LogP contribution in [0.1, 0.15) is 65.2 Å². The summed E-state index contributed by atoms with van der Waals surface area (Å²) in [6, 6.07) is 0. The van der Waals surface area contributed by atoms with Crippen LogP contribution in [-0.4, -0.2) is 22.5 Å². The van der Waals surface area contributed by atoms with Crippen LogP contribution >= 0.6 is 0 Å². The van der Waals surface area contributed by atoms with Crippen LogP contribution in [0.25, 0.3) is 0 Å². The Kier molecular flexibility index (Phi) is 3.21. The molecule has 0 heterocycles. The number of hydrogen-bond donors (Lipinski definition) is 2. The largest absolute Gasteiger partial charge is 0.512 e. The van der Waals surface area contributed by atoms with Crippen molar-refractivity contribution in [3.8, 4) is 0 Å². The van der Waals surface area contributed by atoms with Crippen molar-refractivity contribution in [3.63, 3.8) is 0 Å². The molecule has 4 rings (SSSR count). The smallest absolute Gasteiger partial charge is 0.127 e. The van der Waals surface area contributed by atoms with Gasteiger partial charge >= 0.3 is 0 Å². The minimum absolute atomic E-state index is 0.117. The van der Waals surface area contributed by atoms with Gasteiger partial charge in [0.25, 0.3) is 0 Å². The van der Waals surface area contributed by atoms with Crippen LogP contribution in [0.5, 0.6) is 0 Å². The lowest BCUT2D eigenvalue weighted by Crippen LogP contribution is -2.51. The lowest BCUT2D eigenvalue weighted by molar-refractivity contribution is -0.0781. The Balaban J connectivity index is 1.74. The van der Waals surface area contributed by atoms with Crippen molar-refractivity contribution >= 4 is 0 Å². The van der Waals surface area contributed by atoms with Gasteiger partial charge in [-0.15, -0.1) is 0 Å². The Hall–Kier alpha value is -0.570. The van der Waals surface area contributed by atoms with Gasteiger partial charge in [-0.3, -0.25) is 0 Å². The second-order valence-corrected chi connectivity index (χ2v) is 8.87. The highest BCUT2D eigenvalue weighted by Gasteiger charge is 2.61. The molecule has 0 spiro atoms. The van der Waals surface area contributed by atoms with E-state index in [1.165, 1.54) is 24.8 Å². The van der Waals surface area contributed by atoms with E-state index < -0.39 is 12.3 Å². The van der Waals surface area contributed by atoms with Crippen LogP contribution < -0.4 is 0 Å². The summed E-state index contributed by atoms with van der Waals surface area (Å²) in [4.78, 5) is 0. The maximum atomic E-state index is 14.2. The maximum Gasteiger partial charge on any atom is 0.127 e. The summed E-state index contributed by atoms with van der Waals surface area (Å²) in [5, 5.41) is 21.0. The Morgan fingerprint density at radius 2 is 1.91 bits per heavy atom. The molecule has 0 aromatic heterocycles. The highest BCUT2D eigenvalue weighted by Crippen LogP contribution is 2.65. The molecule has 2 N–H and O–H groups in total. The minimum Gasteiger partial charge on any atom is -0.512 e. The molecule has 0 aromatic carbocycles. The zero-order valence-electron chi connectivity index (χ0n) is 13.8. The Morgan fingerprint density at radius 1 is 1.14 bits per heavy atom. The molecule has 0 aromatic rings. The van der Waals surface area contributed by atoms with Crippen LogP contribution in [-0.2, 0) is 0 Å². The fraction of sp³-hybridized carbons (Fsp3) is 0.895. The number of aliphatic hydroxyl groups excluding tert-OH is 2. The van der Waals surface area contributed by atoms with E-state index in [4.69, 9.17) is 0 Å². The topological polar surface area (TPSA) is 40.5 Å². The number of aliphatic hydroxyl groups is 2. The van der Waals surface area contributed by atoms with Crippen molar-refractivity contribution in [1.82, 2.24) is 0 Å². The van der Waals surface area contributed by atoms with Gasteiger partial charge in [0.05, 0.1) is 11.9 Å². The van der Waals surface area contributed by atoms with E-state index in [1.807, 2.05) is 0 Å². The molecule has 0 saturated heterocycles. The fourth-order valence-electron chi connectivity index (χ4n) is 6.77. The molecule has 124 valence electrons. The maximum absolute atomic E-state index is 14.2. The lowest BCUT2D eigenvalue weighted by atomic mass is 9.48. The Bertz CT molecular complexity index is 516. The third kappa shape index (κ3) is 1.75. The summed E-state index contributed by atoms with van der Waals surface area (Å²) in [7, 11) is 0. The molecular weight excluding hydrogens is 279 g/mol. The molecule has 3 fully saturated rings. The van der Waals surface area contributed by atoms with E-state index >= 15 is 0 Å². The van der Waals surface area contributed by atoms with Gasteiger partial charge in [0.2, 0.25) is 0 Å². The molecule has 3 saturated carbocycles. The van der Waals surface area contributed by atoms with E-state index in [1.54, 1.807) is 0 Å². The zero-order chi connectivity index (χ0) is 15.7. The summed E-state index contributed by atoms with van der Waals surface area (Å²) in [6.45, 7) is 4.42. The molecule has 4 aliphatic carbocycles. The van der Waals surface area contributed by atoms with Gasteiger partial charge in [-0.2, -0.15) is 0 Å². The number of rotatable bonds is 0. The molecule has 3 heteroatoms. The normalized spacial score (nSPS) is 54.6. The van der Waals surface area contributed by atoms with Crippen molar-refractivity contribution in [2.45, 2.75) is 77.5 Å². The first-order chi connectivity index (χ1) is 10.4. The number of halogens is 1. The number of allylic oxidation sites excluding steroid dienone is 2. The van der Waals surface area contributed by atoms with E-state index in [0.717, 1.165) is 25.7 Å². The summed E-state index contributed by atoms with van der Waals surface area (Å²) < 4.78 is 14.2. The monoisotopic (exact) mass is 308 g/mol. The van der Waals surface area contributed by atoms with E-state index in [2.05, 4.69) is 13.8 Å². The van der Waals surface area contributed by atoms with Gasteiger partial charge in [-0.25, -0.2) is 4.39 Å². The van der Waals surface area contributed by atoms with Gasteiger partial charge in [-0.1, -0.05) is 20.3 Å². The summed E-state index contributed by atoms with van der Waals surface area (Å²) in [6.07, 6.45) is 5.96. The molecule has 0 amide bonds. The van der Waals surface area contributed by atoms with Crippen molar-refractivity contribution in [2.75, 3.05) is 0 Å². The number of fused-ring (bicyclic) bond motifs is 5. The average molecular weight is 308 g/mol. The van der Waals surface area contributed by atoms with Crippen molar-refractivity contribution < 1.29 is 14.6 Å². The quantitative estimate of drug-likeness (QED) is 0.690. The molecule has 2 nitrogen and oxygen atoms in total. The van der Waals surface area contributed by atoms with Gasteiger partial charge in [0.15, 0.2) is 0 Å². The zero-order valence-corrected chi connectivity index (χ0v) is 13.8. The van der Waals surface area contributed by atoms with Crippen LogP contribution in [0.2, 0.25) is 0 Å². The molecule has 4 aliphatic rings. The minimum atomic E-state index is -1.08. The molecular formula is C19H29FO2. The second-order valence-electron chi connectivity index (χ2n) is 8.87. The van der Waals surface area contributed by atoms with Crippen LogP contribution in [0.15, 0.2) is 11.3 Å². The fourth-order valence-corrected chi connectivity index (χ4v) is 6.77. The first-order valence-corrected chi connectivity index (χ1v) is 9.11. The Labute approximate surface area is 132 Å². The van der Waals surface area contributed by atoms with Crippen molar-refractivity contribution in [3.05, 3.63) is 11.3 Å². The first-order valence-electron chi connectivity index (χ1n) is 9.11. The van der Waals surface area contributed by atoms with Gasteiger partial charge in [0.1, 0.15) is 6.17 Å². The van der Waals surface area contributed by atoms with E-state index in [0.29, 0.717) is 24.0 Å². The highest BCUT2D eigenvalue weighted by molar-refractivity contribution is 5.27. The van der Waals surface area contributed by atoms with E-state index in [-0.39, 0.29) is 16.7 Å². The molecule has 0 aliphatic heterocycles. The van der Waals surface area contributed by atoms with Crippen LogP contribution in [0.3, 0.4) is 0 Å².